The zero-order valence-corrected chi connectivity index (χ0v) is 15.8. The third kappa shape index (κ3) is 2.90. The van der Waals surface area contributed by atoms with Gasteiger partial charge in [-0.05, 0) is 50.5 Å². The molecular weight excluding hydrogens is 358 g/mol. The van der Waals surface area contributed by atoms with Gasteiger partial charge in [-0.2, -0.15) is 15.2 Å². The molecule has 0 saturated heterocycles. The Morgan fingerprint density at radius 1 is 1.18 bits per heavy atom. The molecule has 9 nitrogen and oxygen atoms in total. The molecule has 3 aromatic heterocycles. The van der Waals surface area contributed by atoms with Crippen molar-refractivity contribution in [1.82, 2.24) is 29.5 Å². The number of aromatic nitrogens is 6. The van der Waals surface area contributed by atoms with Crippen LogP contribution in [0, 0.1) is 0 Å². The number of aryl methyl sites for hydroxylation is 3. The minimum Gasteiger partial charge on any atom is -0.353 e. The molecule has 0 aliphatic heterocycles. The van der Waals surface area contributed by atoms with Gasteiger partial charge in [0.25, 0.3) is 11.1 Å². The van der Waals surface area contributed by atoms with E-state index in [1.165, 1.54) is 6.20 Å². The van der Waals surface area contributed by atoms with Crippen molar-refractivity contribution in [3.8, 4) is 0 Å². The summed E-state index contributed by atoms with van der Waals surface area (Å²) in [6.45, 7) is 0. The van der Waals surface area contributed by atoms with E-state index >= 15 is 0 Å². The molecule has 28 heavy (non-hydrogen) atoms. The Kier molecular flexibility index (Phi) is 4.03. The largest absolute Gasteiger partial charge is 0.353 e. The molecule has 5 rings (SSSR count). The highest BCUT2D eigenvalue weighted by molar-refractivity contribution is 5.74. The lowest BCUT2D eigenvalue weighted by Crippen LogP contribution is -2.34. The van der Waals surface area contributed by atoms with Crippen LogP contribution in [0.1, 0.15) is 49.4 Å². The predicted octanol–water partition coefficient (Wildman–Crippen LogP) is 1.30. The van der Waals surface area contributed by atoms with Crippen LogP contribution >= 0.6 is 0 Å². The van der Waals surface area contributed by atoms with Crippen molar-refractivity contribution in [3.63, 3.8) is 0 Å². The van der Waals surface area contributed by atoms with Crippen LogP contribution in [0.2, 0.25) is 0 Å². The van der Waals surface area contributed by atoms with Crippen molar-refractivity contribution in [2.24, 2.45) is 7.05 Å². The topological polar surface area (TPSA) is 110 Å². The first-order valence-corrected chi connectivity index (χ1v) is 9.88. The summed E-state index contributed by atoms with van der Waals surface area (Å²) in [6, 6.07) is 2.12. The molecule has 0 aromatic carbocycles. The summed E-state index contributed by atoms with van der Waals surface area (Å²) in [5, 5.41) is 12.6. The van der Waals surface area contributed by atoms with Gasteiger partial charge >= 0.3 is 0 Å². The number of anilines is 1. The monoisotopic (exact) mass is 381 g/mol. The van der Waals surface area contributed by atoms with E-state index in [9.17, 15) is 9.59 Å². The van der Waals surface area contributed by atoms with Crippen molar-refractivity contribution in [2.45, 2.75) is 57.0 Å². The Balaban J connectivity index is 1.30. The van der Waals surface area contributed by atoms with Gasteiger partial charge in [0, 0.05) is 19.2 Å². The molecule has 146 valence electrons. The lowest BCUT2D eigenvalue weighted by molar-refractivity contribution is 0.301. The Morgan fingerprint density at radius 2 is 2.00 bits per heavy atom. The average Bonchev–Trinajstić information content (AvgIpc) is 3.28. The van der Waals surface area contributed by atoms with E-state index in [1.54, 1.807) is 22.5 Å². The fraction of sp³-hybridized carbons (Fsp3) is 0.526. The standard InChI is InChI=1S/C19H23N7O2/c1-25-17-14(10-20-25)18(28)23-19(22-17)21-12-5-7-13(8-6-12)26-16(27)9-11-3-2-4-15(11)24-26/h9-10,12-13H,2-8H2,1H3,(H2,21,22,23,28). The van der Waals surface area contributed by atoms with Gasteiger partial charge in [0.05, 0.1) is 17.9 Å². The molecule has 0 radical (unpaired) electrons. The first-order chi connectivity index (χ1) is 13.6. The van der Waals surface area contributed by atoms with Crippen molar-refractivity contribution in [3.05, 3.63) is 44.2 Å². The van der Waals surface area contributed by atoms with Crippen molar-refractivity contribution in [2.75, 3.05) is 5.32 Å². The molecule has 0 unspecified atom stereocenters. The summed E-state index contributed by atoms with van der Waals surface area (Å²) in [4.78, 5) is 31.9. The van der Waals surface area contributed by atoms with Gasteiger partial charge in [-0.3, -0.25) is 19.3 Å². The molecule has 0 atom stereocenters. The van der Waals surface area contributed by atoms with E-state index in [1.807, 2.05) is 0 Å². The van der Waals surface area contributed by atoms with E-state index in [2.05, 4.69) is 25.5 Å². The molecule has 1 fully saturated rings. The minimum atomic E-state index is -0.192. The van der Waals surface area contributed by atoms with E-state index in [0.717, 1.165) is 56.2 Å². The zero-order chi connectivity index (χ0) is 19.3. The second-order valence-electron chi connectivity index (χ2n) is 7.82. The molecule has 3 heterocycles. The Morgan fingerprint density at radius 3 is 2.82 bits per heavy atom. The zero-order valence-electron chi connectivity index (χ0n) is 15.8. The number of nitrogens with one attached hydrogen (secondary N) is 2. The van der Waals surface area contributed by atoms with Crippen LogP contribution in [0.4, 0.5) is 5.95 Å². The summed E-state index contributed by atoms with van der Waals surface area (Å²) in [5.41, 5.74) is 2.60. The number of rotatable bonds is 3. The van der Waals surface area contributed by atoms with Gasteiger partial charge in [-0.15, -0.1) is 0 Å². The average molecular weight is 381 g/mol. The first kappa shape index (κ1) is 17.2. The van der Waals surface area contributed by atoms with Crippen LogP contribution in [0.5, 0.6) is 0 Å². The van der Waals surface area contributed by atoms with Crippen LogP contribution in [-0.4, -0.2) is 35.6 Å². The third-order valence-electron chi connectivity index (χ3n) is 5.97. The highest BCUT2D eigenvalue weighted by atomic mass is 16.1. The maximum absolute atomic E-state index is 12.4. The number of hydrogen-bond donors (Lipinski definition) is 2. The maximum atomic E-state index is 12.4. The molecule has 2 aliphatic carbocycles. The van der Waals surface area contributed by atoms with Crippen molar-refractivity contribution < 1.29 is 0 Å². The molecule has 0 spiro atoms. The number of hydrogen-bond acceptors (Lipinski definition) is 6. The summed E-state index contributed by atoms with van der Waals surface area (Å²) >= 11 is 0. The SMILES string of the molecule is Cn1ncc2c(=O)[nH]c(NC3CCC(n4nc5c(cc4=O)CCC5)CC3)nc21. The number of fused-ring (bicyclic) bond motifs is 2. The number of aromatic amines is 1. The molecule has 0 amide bonds. The van der Waals surface area contributed by atoms with Crippen molar-refractivity contribution in [1.29, 1.82) is 0 Å². The minimum absolute atomic E-state index is 0.0183. The van der Waals surface area contributed by atoms with Crippen LogP contribution in [0.25, 0.3) is 11.0 Å². The number of nitrogens with zero attached hydrogens (tertiary/aromatic N) is 5. The molecule has 9 heteroatoms. The summed E-state index contributed by atoms with van der Waals surface area (Å²) in [5.74, 6) is 0.470. The lowest BCUT2D eigenvalue weighted by atomic mass is 9.91. The Bertz CT molecular complexity index is 1150. The fourth-order valence-corrected chi connectivity index (χ4v) is 4.44. The Labute approximate surface area is 160 Å². The van der Waals surface area contributed by atoms with Gasteiger partial charge in [-0.25, -0.2) is 4.68 Å². The van der Waals surface area contributed by atoms with Crippen LogP contribution in [0.15, 0.2) is 21.9 Å². The van der Waals surface area contributed by atoms with E-state index in [4.69, 9.17) is 0 Å². The summed E-state index contributed by atoms with van der Waals surface area (Å²) < 4.78 is 3.29. The van der Waals surface area contributed by atoms with Crippen molar-refractivity contribution >= 4 is 17.0 Å². The summed E-state index contributed by atoms with van der Waals surface area (Å²) in [6.07, 6.45) is 8.10. The number of H-pyrrole nitrogens is 1. The van der Waals surface area contributed by atoms with Crippen LogP contribution < -0.4 is 16.4 Å². The van der Waals surface area contributed by atoms with E-state index in [-0.39, 0.29) is 23.2 Å². The predicted molar refractivity (Wildman–Crippen MR) is 105 cm³/mol. The second kappa shape index (κ2) is 6.57. The molecule has 2 N–H and O–H groups in total. The quantitative estimate of drug-likeness (QED) is 0.707. The third-order valence-corrected chi connectivity index (χ3v) is 5.97. The summed E-state index contributed by atoms with van der Waals surface area (Å²) in [7, 11) is 1.77. The molecule has 3 aromatic rings. The van der Waals surface area contributed by atoms with Crippen LogP contribution in [0.3, 0.4) is 0 Å². The molecule has 1 saturated carbocycles. The normalized spacial score (nSPS) is 21.8. The Hall–Kier alpha value is -2.97. The fourth-order valence-electron chi connectivity index (χ4n) is 4.44. The highest BCUT2D eigenvalue weighted by Crippen LogP contribution is 2.29. The van der Waals surface area contributed by atoms with Gasteiger partial charge < -0.3 is 5.32 Å². The van der Waals surface area contributed by atoms with E-state index < -0.39 is 0 Å². The van der Waals surface area contributed by atoms with Gasteiger partial charge in [0.1, 0.15) is 5.39 Å². The molecular formula is C19H23N7O2. The maximum Gasteiger partial charge on any atom is 0.267 e. The molecule has 0 bridgehead atoms. The highest BCUT2D eigenvalue weighted by Gasteiger charge is 2.26. The van der Waals surface area contributed by atoms with Gasteiger partial charge in [-0.1, -0.05) is 0 Å². The van der Waals surface area contributed by atoms with Crippen LogP contribution in [-0.2, 0) is 19.9 Å². The smallest absolute Gasteiger partial charge is 0.267 e. The van der Waals surface area contributed by atoms with Gasteiger partial charge in [0.2, 0.25) is 5.95 Å². The van der Waals surface area contributed by atoms with E-state index in [0.29, 0.717) is 17.0 Å². The lowest BCUT2D eigenvalue weighted by Gasteiger charge is -2.29. The second-order valence-corrected chi connectivity index (χ2v) is 7.82. The van der Waals surface area contributed by atoms with Gasteiger partial charge in [0.15, 0.2) is 5.65 Å². The molecule has 2 aliphatic rings. The first-order valence-electron chi connectivity index (χ1n) is 9.88.